The predicted octanol–water partition coefficient (Wildman–Crippen LogP) is 6.68. The van der Waals surface area contributed by atoms with Gasteiger partial charge in [0.2, 0.25) is 11.8 Å². The van der Waals surface area contributed by atoms with E-state index in [4.69, 9.17) is 23.9 Å². The summed E-state index contributed by atoms with van der Waals surface area (Å²) in [6.07, 6.45) is 7.69. The van der Waals surface area contributed by atoms with Gasteiger partial charge in [-0.1, -0.05) is 48.5 Å². The molecule has 0 radical (unpaired) electrons. The van der Waals surface area contributed by atoms with E-state index in [1.807, 2.05) is 16.0 Å². The maximum Gasteiger partial charge on any atom is 0.407 e. The summed E-state index contributed by atoms with van der Waals surface area (Å²) in [6.45, 7) is 4.78. The fraction of sp³-hybridized carbons (Fsp3) is 0.500. The minimum absolute atomic E-state index is 0.00430. The Labute approximate surface area is 346 Å². The fourth-order valence-corrected chi connectivity index (χ4v) is 9.53. The van der Waals surface area contributed by atoms with Crippen molar-refractivity contribution in [2.24, 2.45) is 4.99 Å². The Morgan fingerprint density at radius 3 is 1.66 bits per heavy atom. The van der Waals surface area contributed by atoms with E-state index in [-0.39, 0.29) is 23.9 Å². The highest BCUT2D eigenvalue weighted by Crippen LogP contribution is 2.50. The van der Waals surface area contributed by atoms with Crippen LogP contribution in [-0.4, -0.2) is 117 Å². The molecule has 2 aromatic carbocycles. The number of ether oxygens (including phenoxy) is 4. The smallest absolute Gasteiger partial charge is 0.407 e. The Bertz CT molecular complexity index is 2050. The number of hydrogen-bond acceptors (Lipinski definition) is 9. The molecule has 0 spiro atoms. The van der Waals surface area contributed by atoms with Crippen molar-refractivity contribution in [1.29, 1.82) is 0 Å². The van der Waals surface area contributed by atoms with E-state index >= 15 is 0 Å². The number of methoxy groups -OCH3 is 4. The number of fused-ring (bicyclic) bond motifs is 1. The summed E-state index contributed by atoms with van der Waals surface area (Å²) in [5.41, 5.74) is 12.2. The first kappa shape index (κ1) is 41.9. The van der Waals surface area contributed by atoms with E-state index in [1.165, 1.54) is 49.2 Å². The topological polar surface area (TPSA) is 148 Å². The number of amides is 4. The van der Waals surface area contributed by atoms with Gasteiger partial charge in [0.15, 0.2) is 0 Å². The monoisotopic (exact) mass is 807 g/mol. The van der Waals surface area contributed by atoms with Crippen LogP contribution in [0, 0.1) is 0 Å². The van der Waals surface area contributed by atoms with Crippen LogP contribution in [0.1, 0.15) is 82.8 Å². The fourth-order valence-electron chi connectivity index (χ4n) is 9.53. The Balaban J connectivity index is 0.994. The van der Waals surface area contributed by atoms with Gasteiger partial charge in [0.05, 0.1) is 38.5 Å². The number of nitrogens with one attached hydrogen (secondary N) is 2. The molecule has 4 amide bonds. The van der Waals surface area contributed by atoms with Gasteiger partial charge in [0.25, 0.3) is 0 Å². The third-order valence-electron chi connectivity index (χ3n) is 12.9. The van der Waals surface area contributed by atoms with E-state index in [0.29, 0.717) is 19.5 Å². The predicted molar refractivity (Wildman–Crippen MR) is 225 cm³/mol. The van der Waals surface area contributed by atoms with Crippen LogP contribution < -0.4 is 10.6 Å². The highest BCUT2D eigenvalue weighted by Gasteiger charge is 2.42. The largest absolute Gasteiger partial charge is 0.453 e. The molecule has 7 rings (SSSR count). The summed E-state index contributed by atoms with van der Waals surface area (Å²) in [7, 11) is 5.63. The van der Waals surface area contributed by atoms with Gasteiger partial charge in [0.1, 0.15) is 12.1 Å². The van der Waals surface area contributed by atoms with Crippen molar-refractivity contribution in [2.45, 2.75) is 108 Å². The van der Waals surface area contributed by atoms with Crippen LogP contribution in [0.5, 0.6) is 0 Å². The highest BCUT2D eigenvalue weighted by molar-refractivity contribution is 6.04. The quantitative estimate of drug-likeness (QED) is 0.228. The van der Waals surface area contributed by atoms with Crippen molar-refractivity contribution in [3.63, 3.8) is 0 Å². The first-order chi connectivity index (χ1) is 28.6. The van der Waals surface area contributed by atoms with Crippen LogP contribution in [0.3, 0.4) is 0 Å². The lowest BCUT2D eigenvalue weighted by Gasteiger charge is -2.32. The van der Waals surface area contributed by atoms with Crippen LogP contribution in [0.25, 0.3) is 22.3 Å². The number of nitrogens with zero attached hydrogens (tertiary/aromatic N) is 3. The molecular formula is C46H57N5O8. The molecule has 0 aromatic heterocycles. The second-order valence-corrected chi connectivity index (χ2v) is 16.1. The second-order valence-electron chi connectivity index (χ2n) is 16.1. The first-order valence-electron chi connectivity index (χ1n) is 20.8. The van der Waals surface area contributed by atoms with Gasteiger partial charge < -0.3 is 39.4 Å². The summed E-state index contributed by atoms with van der Waals surface area (Å²) in [4.78, 5) is 60.4. The summed E-state index contributed by atoms with van der Waals surface area (Å²) in [5, 5.41) is 5.36. The molecule has 314 valence electrons. The summed E-state index contributed by atoms with van der Waals surface area (Å²) in [6, 6.07) is 15.6. The molecular weight excluding hydrogens is 751 g/mol. The molecule has 13 nitrogen and oxygen atoms in total. The molecule has 1 saturated carbocycles. The number of hydrogen-bond donors (Lipinski definition) is 2. The van der Waals surface area contributed by atoms with Gasteiger partial charge in [-0.05, 0) is 115 Å². The summed E-state index contributed by atoms with van der Waals surface area (Å²) in [5.74, 6) is -0.334. The van der Waals surface area contributed by atoms with E-state index in [9.17, 15) is 19.2 Å². The Kier molecular flexibility index (Phi) is 13.0. The number of aliphatic imine (C=N–C) groups is 1. The molecule has 2 aromatic rings. The molecule has 3 aliphatic heterocycles. The third-order valence-corrected chi connectivity index (χ3v) is 12.9. The van der Waals surface area contributed by atoms with Crippen LogP contribution >= 0.6 is 0 Å². The molecule has 0 bridgehead atoms. The molecule has 3 fully saturated rings. The van der Waals surface area contributed by atoms with Gasteiger partial charge in [-0.15, -0.1) is 0 Å². The molecule has 13 heteroatoms. The van der Waals surface area contributed by atoms with Crippen molar-refractivity contribution < 1.29 is 38.1 Å². The van der Waals surface area contributed by atoms with E-state index in [0.717, 1.165) is 79.3 Å². The van der Waals surface area contributed by atoms with Gasteiger partial charge in [-0.3, -0.25) is 14.6 Å². The number of rotatable bonds is 13. The third kappa shape index (κ3) is 8.58. The van der Waals surface area contributed by atoms with Gasteiger partial charge in [-0.2, -0.15) is 0 Å². The standard InChI is InChI=1S/C46H57N5O8/c1-27(56-3)41(48-45(54)58-5)43(52)50-22-8-12-39(50)37-25-36(34-10-7-11-35(34)37)32-20-18-30(19-21-32)29-14-16-31(17-15-29)33-24-38(47-26-33)40-13-9-23-51(40)44(53)42(28(2)57-4)49-46(55)59-6/h14-21,26-28,39-42H,7-13,22-25H2,1-6H3,(H,48,54)(H,49,55)/t27-,28-,39-,40+,41?,42+/m1/s1. The summed E-state index contributed by atoms with van der Waals surface area (Å²) < 4.78 is 20.5. The maximum atomic E-state index is 14.0. The zero-order chi connectivity index (χ0) is 41.8. The number of carbonyl (C=O) groups is 4. The van der Waals surface area contributed by atoms with Crippen LogP contribution in [0.2, 0.25) is 0 Å². The lowest BCUT2D eigenvalue weighted by Crippen LogP contribution is -2.56. The molecule has 1 unspecified atom stereocenters. The molecule has 59 heavy (non-hydrogen) atoms. The highest BCUT2D eigenvalue weighted by atomic mass is 16.5. The second kappa shape index (κ2) is 18.3. The van der Waals surface area contributed by atoms with Crippen LogP contribution in [0.15, 0.2) is 76.4 Å². The lowest BCUT2D eigenvalue weighted by molar-refractivity contribution is -0.137. The van der Waals surface area contributed by atoms with Crippen LogP contribution in [0.4, 0.5) is 9.59 Å². The minimum Gasteiger partial charge on any atom is -0.453 e. The zero-order valence-corrected chi connectivity index (χ0v) is 35.0. The lowest BCUT2D eigenvalue weighted by atomic mass is 9.93. The SMILES string of the molecule is COC(=O)NC(C(=O)N1CCC[C@@H]1C1=C2CCCC2=C(c2ccc(-c3ccc(C4=CN=C([C@@H]5CCCN5C(=O)[C@@H](NC(=O)OC)[C@@H](C)OC)C4)cc3)cc2)C1)[C@@H](C)OC. The Hall–Kier alpha value is -5.27. The van der Waals surface area contributed by atoms with E-state index in [2.05, 4.69) is 59.2 Å². The maximum absolute atomic E-state index is 14.0. The van der Waals surface area contributed by atoms with Gasteiger partial charge in [0, 0.05) is 45.6 Å². The molecule has 2 N–H and O–H groups in total. The van der Waals surface area contributed by atoms with E-state index in [1.54, 1.807) is 21.0 Å². The minimum atomic E-state index is -0.864. The first-order valence-corrected chi connectivity index (χ1v) is 20.8. The van der Waals surface area contributed by atoms with Crippen molar-refractivity contribution in [2.75, 3.05) is 41.5 Å². The van der Waals surface area contributed by atoms with E-state index < -0.39 is 36.5 Å². The zero-order valence-electron chi connectivity index (χ0n) is 35.0. The number of allylic oxidation sites excluding steroid dienone is 4. The van der Waals surface area contributed by atoms with Gasteiger partial charge in [-0.25, -0.2) is 9.59 Å². The Morgan fingerprint density at radius 1 is 0.627 bits per heavy atom. The molecule has 3 heterocycles. The molecule has 6 atom stereocenters. The van der Waals surface area contributed by atoms with Crippen molar-refractivity contribution in [3.8, 4) is 11.1 Å². The van der Waals surface area contributed by atoms with Crippen molar-refractivity contribution in [1.82, 2.24) is 20.4 Å². The number of likely N-dealkylation sites (tertiary alicyclic amines) is 2. The van der Waals surface area contributed by atoms with Crippen molar-refractivity contribution in [3.05, 3.63) is 82.6 Å². The van der Waals surface area contributed by atoms with Crippen molar-refractivity contribution >= 4 is 40.9 Å². The number of alkyl carbamates (subject to hydrolysis) is 2. The average Bonchev–Trinajstić information content (AvgIpc) is 4.12. The summed E-state index contributed by atoms with van der Waals surface area (Å²) >= 11 is 0. The average molecular weight is 808 g/mol. The van der Waals surface area contributed by atoms with Crippen LogP contribution in [-0.2, 0) is 28.5 Å². The molecule has 2 saturated heterocycles. The normalized spacial score (nSPS) is 22.1. The van der Waals surface area contributed by atoms with Gasteiger partial charge >= 0.3 is 12.2 Å². The molecule has 2 aliphatic carbocycles. The number of benzene rings is 2. The Morgan fingerprint density at radius 2 is 1.12 bits per heavy atom. The molecule has 5 aliphatic rings. The number of carbonyl (C=O) groups excluding carboxylic acids is 4.